The van der Waals surface area contributed by atoms with E-state index in [1.165, 1.54) is 5.56 Å². The minimum atomic E-state index is 0.730. The number of hydrogen-bond acceptors (Lipinski definition) is 2. The molecular formula is C13H15BrClNO. The summed E-state index contributed by atoms with van der Waals surface area (Å²) in [6, 6.07) is 3.81. The van der Waals surface area contributed by atoms with Gasteiger partial charge in [0.2, 0.25) is 0 Å². The number of rotatable bonds is 5. The van der Waals surface area contributed by atoms with Crippen LogP contribution < -0.4 is 5.32 Å². The Labute approximate surface area is 114 Å². The number of benzene rings is 1. The predicted molar refractivity (Wildman–Crippen MR) is 75.8 cm³/mol. The quantitative estimate of drug-likeness (QED) is 0.828. The average Bonchev–Trinajstić information content (AvgIpc) is 2.68. The van der Waals surface area contributed by atoms with E-state index in [1.54, 1.807) is 0 Å². The molecule has 1 N–H and O–H groups in total. The lowest BCUT2D eigenvalue weighted by Crippen LogP contribution is -2.17. The van der Waals surface area contributed by atoms with Crippen LogP contribution in [0.3, 0.4) is 0 Å². The van der Waals surface area contributed by atoms with Crippen LogP contribution in [0.4, 0.5) is 0 Å². The highest BCUT2D eigenvalue weighted by atomic mass is 79.9. The molecule has 2 rings (SSSR count). The van der Waals surface area contributed by atoms with Crippen LogP contribution in [0, 0.1) is 0 Å². The van der Waals surface area contributed by atoms with E-state index in [0.717, 1.165) is 46.4 Å². The van der Waals surface area contributed by atoms with Crippen LogP contribution in [0.1, 0.15) is 18.9 Å². The van der Waals surface area contributed by atoms with E-state index < -0.39 is 0 Å². The zero-order valence-electron chi connectivity index (χ0n) is 9.72. The molecule has 1 heterocycles. The number of halogens is 2. The van der Waals surface area contributed by atoms with Gasteiger partial charge in [0, 0.05) is 10.4 Å². The minimum absolute atomic E-state index is 0.730. The molecule has 4 heteroatoms. The van der Waals surface area contributed by atoms with Gasteiger partial charge in [0.05, 0.1) is 10.7 Å². The van der Waals surface area contributed by atoms with Crippen molar-refractivity contribution in [3.05, 3.63) is 33.5 Å². The van der Waals surface area contributed by atoms with Crippen LogP contribution in [0.2, 0.25) is 5.02 Å². The van der Waals surface area contributed by atoms with Crippen molar-refractivity contribution < 1.29 is 4.42 Å². The van der Waals surface area contributed by atoms with Crippen molar-refractivity contribution >= 4 is 38.5 Å². The van der Waals surface area contributed by atoms with Gasteiger partial charge in [-0.3, -0.25) is 0 Å². The first-order valence-electron chi connectivity index (χ1n) is 5.78. The summed E-state index contributed by atoms with van der Waals surface area (Å²) in [6.07, 6.45) is 3.93. The normalized spacial score (nSPS) is 11.2. The molecule has 0 aliphatic rings. The summed E-state index contributed by atoms with van der Waals surface area (Å²) in [5.74, 6) is 0. The highest BCUT2D eigenvalue weighted by Crippen LogP contribution is 2.31. The maximum absolute atomic E-state index is 6.05. The Bertz CT molecular complexity index is 509. The van der Waals surface area contributed by atoms with Crippen molar-refractivity contribution in [3.63, 3.8) is 0 Å². The number of furan rings is 1. The summed E-state index contributed by atoms with van der Waals surface area (Å²) in [6.45, 7) is 4.18. The second-order valence-corrected chi connectivity index (χ2v) is 5.32. The fraction of sp³-hybridized carbons (Fsp3) is 0.385. The molecule has 0 saturated heterocycles. The standard InChI is InChI=1S/C13H15BrClNO/c1-2-4-16-5-3-9-8-17-13-11(9)6-10(15)7-12(13)14/h6-8,16H,2-5H2,1H3. The van der Waals surface area contributed by atoms with E-state index in [-0.39, 0.29) is 0 Å². The third-order valence-electron chi connectivity index (χ3n) is 2.67. The molecule has 0 aliphatic carbocycles. The second kappa shape index (κ2) is 5.89. The summed E-state index contributed by atoms with van der Waals surface area (Å²) in [5, 5.41) is 5.21. The molecule has 0 bridgehead atoms. The summed E-state index contributed by atoms with van der Waals surface area (Å²) >= 11 is 9.51. The van der Waals surface area contributed by atoms with Gasteiger partial charge in [-0.2, -0.15) is 0 Å². The third-order valence-corrected chi connectivity index (χ3v) is 3.48. The van der Waals surface area contributed by atoms with Gasteiger partial charge in [-0.05, 0) is 59.6 Å². The lowest BCUT2D eigenvalue weighted by atomic mass is 10.1. The lowest BCUT2D eigenvalue weighted by Gasteiger charge is -2.01. The van der Waals surface area contributed by atoms with Gasteiger partial charge < -0.3 is 9.73 Å². The van der Waals surface area contributed by atoms with Crippen LogP contribution in [0.15, 0.2) is 27.3 Å². The Morgan fingerprint density at radius 2 is 2.18 bits per heavy atom. The Kier molecular flexibility index (Phi) is 4.48. The molecular weight excluding hydrogens is 302 g/mol. The topological polar surface area (TPSA) is 25.2 Å². The molecule has 1 aromatic carbocycles. The van der Waals surface area contributed by atoms with Gasteiger partial charge in [-0.15, -0.1) is 0 Å². The Morgan fingerprint density at radius 3 is 2.94 bits per heavy atom. The molecule has 2 nitrogen and oxygen atoms in total. The van der Waals surface area contributed by atoms with E-state index in [0.29, 0.717) is 0 Å². The molecule has 0 aliphatic heterocycles. The van der Waals surface area contributed by atoms with Gasteiger partial charge >= 0.3 is 0 Å². The van der Waals surface area contributed by atoms with Gasteiger partial charge in [0.15, 0.2) is 0 Å². The van der Waals surface area contributed by atoms with Gasteiger partial charge in [-0.1, -0.05) is 18.5 Å². The van der Waals surface area contributed by atoms with E-state index in [4.69, 9.17) is 16.0 Å². The molecule has 0 amide bonds. The van der Waals surface area contributed by atoms with E-state index in [2.05, 4.69) is 28.2 Å². The molecule has 0 saturated carbocycles. The Balaban J connectivity index is 2.18. The second-order valence-electron chi connectivity index (χ2n) is 4.03. The first-order valence-corrected chi connectivity index (χ1v) is 6.95. The van der Waals surface area contributed by atoms with Gasteiger partial charge in [0.25, 0.3) is 0 Å². The fourth-order valence-corrected chi connectivity index (χ4v) is 2.73. The molecule has 1 aromatic heterocycles. The largest absolute Gasteiger partial charge is 0.463 e. The van der Waals surface area contributed by atoms with Crippen LogP contribution in [0.5, 0.6) is 0 Å². The van der Waals surface area contributed by atoms with Crippen LogP contribution in [-0.4, -0.2) is 13.1 Å². The molecule has 0 radical (unpaired) electrons. The molecule has 0 spiro atoms. The van der Waals surface area contributed by atoms with Crippen molar-refractivity contribution in [3.8, 4) is 0 Å². The zero-order valence-corrected chi connectivity index (χ0v) is 12.1. The zero-order chi connectivity index (χ0) is 12.3. The van der Waals surface area contributed by atoms with E-state index >= 15 is 0 Å². The van der Waals surface area contributed by atoms with E-state index in [9.17, 15) is 0 Å². The molecule has 2 aromatic rings. The Morgan fingerprint density at radius 1 is 1.35 bits per heavy atom. The summed E-state index contributed by atoms with van der Waals surface area (Å²) < 4.78 is 6.47. The molecule has 0 unspecified atom stereocenters. The SMILES string of the molecule is CCCNCCc1coc2c(Br)cc(Cl)cc12. The van der Waals surface area contributed by atoms with Crippen molar-refractivity contribution in [2.45, 2.75) is 19.8 Å². The van der Waals surface area contributed by atoms with Crippen molar-refractivity contribution in [1.82, 2.24) is 5.32 Å². The summed E-state index contributed by atoms with van der Waals surface area (Å²) in [5.41, 5.74) is 2.08. The molecule has 17 heavy (non-hydrogen) atoms. The highest BCUT2D eigenvalue weighted by molar-refractivity contribution is 9.10. The smallest absolute Gasteiger partial charge is 0.148 e. The van der Waals surface area contributed by atoms with Crippen LogP contribution in [-0.2, 0) is 6.42 Å². The lowest BCUT2D eigenvalue weighted by molar-refractivity contribution is 0.604. The van der Waals surface area contributed by atoms with Crippen LogP contribution in [0.25, 0.3) is 11.0 Å². The third kappa shape index (κ3) is 3.03. The van der Waals surface area contributed by atoms with Crippen LogP contribution >= 0.6 is 27.5 Å². The molecule has 0 atom stereocenters. The van der Waals surface area contributed by atoms with Crippen molar-refractivity contribution in [2.24, 2.45) is 0 Å². The van der Waals surface area contributed by atoms with E-state index in [1.807, 2.05) is 18.4 Å². The monoisotopic (exact) mass is 315 g/mol. The molecule has 0 fully saturated rings. The summed E-state index contributed by atoms with van der Waals surface area (Å²) in [4.78, 5) is 0. The average molecular weight is 317 g/mol. The first-order chi connectivity index (χ1) is 8.22. The van der Waals surface area contributed by atoms with Gasteiger partial charge in [0.1, 0.15) is 5.58 Å². The Hall–Kier alpha value is -0.510. The maximum atomic E-state index is 6.05. The predicted octanol–water partition coefficient (Wildman–Crippen LogP) is 4.39. The highest BCUT2D eigenvalue weighted by Gasteiger charge is 2.09. The number of fused-ring (bicyclic) bond motifs is 1. The maximum Gasteiger partial charge on any atom is 0.148 e. The fourth-order valence-electron chi connectivity index (χ4n) is 1.83. The van der Waals surface area contributed by atoms with Crippen molar-refractivity contribution in [1.29, 1.82) is 0 Å². The summed E-state index contributed by atoms with van der Waals surface area (Å²) in [7, 11) is 0. The molecule has 92 valence electrons. The number of nitrogens with one attached hydrogen (secondary N) is 1. The number of hydrogen-bond donors (Lipinski definition) is 1. The minimum Gasteiger partial charge on any atom is -0.463 e. The first kappa shape index (κ1) is 12.9. The van der Waals surface area contributed by atoms with Gasteiger partial charge in [-0.25, -0.2) is 0 Å². The van der Waals surface area contributed by atoms with Crippen molar-refractivity contribution in [2.75, 3.05) is 13.1 Å².